The van der Waals surface area contributed by atoms with E-state index in [2.05, 4.69) is 15.4 Å². The summed E-state index contributed by atoms with van der Waals surface area (Å²) in [5.41, 5.74) is 7.69. The molecule has 0 bridgehead atoms. The number of aryl methyl sites for hydroxylation is 1. The van der Waals surface area contributed by atoms with Crippen LogP contribution in [0.4, 0.5) is 5.82 Å². The second-order valence-corrected chi connectivity index (χ2v) is 7.48. The van der Waals surface area contributed by atoms with Crippen LogP contribution < -0.4 is 10.6 Å². The van der Waals surface area contributed by atoms with Gasteiger partial charge in [0.15, 0.2) is 21.5 Å². The fourth-order valence-electron chi connectivity index (χ4n) is 2.47. The molecule has 0 aromatic carbocycles. The topological polar surface area (TPSA) is 122 Å². The van der Waals surface area contributed by atoms with Crippen molar-refractivity contribution in [2.75, 3.05) is 23.0 Å². The monoisotopic (exact) mass is 313 g/mol. The Morgan fingerprint density at radius 3 is 2.67 bits per heavy atom. The molecule has 1 aliphatic rings. The Hall–Kier alpha value is -1.90. The highest BCUT2D eigenvalue weighted by molar-refractivity contribution is 7.91. The van der Waals surface area contributed by atoms with Crippen LogP contribution in [0.2, 0.25) is 0 Å². The molecular formula is C12H19N5O3S. The predicted octanol–water partition coefficient (Wildman–Crippen LogP) is -0.189. The summed E-state index contributed by atoms with van der Waals surface area (Å²) in [6.07, 6.45) is 0. The summed E-state index contributed by atoms with van der Waals surface area (Å²) in [5.74, 6) is 0.510. The molecule has 3 N–H and O–H groups in total. The summed E-state index contributed by atoms with van der Waals surface area (Å²) in [6.45, 7) is 5.71. The van der Waals surface area contributed by atoms with Crippen molar-refractivity contribution in [3.8, 4) is 0 Å². The molecule has 0 spiro atoms. The Bertz CT molecular complexity index is 686. The standard InChI is InChI=1S/C12H19N5O3S/c1-7-6-21(19,20)5-4-17(7)12-10(11(13)16-18)8(2)9(3)14-15-12/h7,18H,4-6H2,1-3H3,(H2,13,16). The normalized spacial score (nSPS) is 22.3. The van der Waals surface area contributed by atoms with Crippen molar-refractivity contribution in [2.45, 2.75) is 26.8 Å². The maximum absolute atomic E-state index is 11.7. The molecule has 9 heteroatoms. The quantitative estimate of drug-likeness (QED) is 0.336. The van der Waals surface area contributed by atoms with Crippen molar-refractivity contribution in [1.82, 2.24) is 10.2 Å². The number of hydrogen-bond donors (Lipinski definition) is 2. The summed E-state index contributed by atoms with van der Waals surface area (Å²) in [6, 6.07) is -0.245. The van der Waals surface area contributed by atoms with E-state index < -0.39 is 9.84 Å². The zero-order valence-corrected chi connectivity index (χ0v) is 13.1. The highest BCUT2D eigenvalue weighted by atomic mass is 32.2. The van der Waals surface area contributed by atoms with Crippen LogP contribution in [0.3, 0.4) is 0 Å². The summed E-state index contributed by atoms with van der Waals surface area (Å²) in [7, 11) is -3.03. The molecule has 0 radical (unpaired) electrons. The number of nitrogens with two attached hydrogens (primary N) is 1. The van der Waals surface area contributed by atoms with Gasteiger partial charge in [-0.25, -0.2) is 8.42 Å². The van der Waals surface area contributed by atoms with Gasteiger partial charge in [0.25, 0.3) is 0 Å². The zero-order valence-electron chi connectivity index (χ0n) is 12.2. The van der Waals surface area contributed by atoms with E-state index in [0.29, 0.717) is 23.6 Å². The van der Waals surface area contributed by atoms with Gasteiger partial charge in [-0.1, -0.05) is 5.16 Å². The molecule has 0 aliphatic carbocycles. The van der Waals surface area contributed by atoms with Gasteiger partial charge in [-0.15, -0.1) is 5.10 Å². The van der Waals surface area contributed by atoms with E-state index in [9.17, 15) is 8.42 Å². The Morgan fingerprint density at radius 2 is 2.10 bits per heavy atom. The van der Waals surface area contributed by atoms with Gasteiger partial charge in [0.05, 0.1) is 22.8 Å². The number of amidine groups is 1. The predicted molar refractivity (Wildman–Crippen MR) is 79.5 cm³/mol. The molecule has 21 heavy (non-hydrogen) atoms. The van der Waals surface area contributed by atoms with Crippen LogP contribution in [0.5, 0.6) is 0 Å². The first-order chi connectivity index (χ1) is 9.76. The number of aromatic nitrogens is 2. The van der Waals surface area contributed by atoms with Gasteiger partial charge in [0, 0.05) is 12.6 Å². The maximum atomic E-state index is 11.7. The molecule has 0 saturated carbocycles. The number of oxime groups is 1. The van der Waals surface area contributed by atoms with Gasteiger partial charge < -0.3 is 15.8 Å². The summed E-state index contributed by atoms with van der Waals surface area (Å²) >= 11 is 0. The molecule has 1 aromatic rings. The maximum Gasteiger partial charge on any atom is 0.174 e. The SMILES string of the molecule is Cc1nnc(N2CCS(=O)(=O)CC2C)c(C(N)=NO)c1C. The second-order valence-electron chi connectivity index (χ2n) is 5.25. The molecule has 2 heterocycles. The van der Waals surface area contributed by atoms with Gasteiger partial charge in [-0.2, -0.15) is 5.10 Å². The fraction of sp³-hybridized carbons (Fsp3) is 0.583. The van der Waals surface area contributed by atoms with Crippen LogP contribution in [0.15, 0.2) is 5.16 Å². The molecule has 8 nitrogen and oxygen atoms in total. The highest BCUT2D eigenvalue weighted by Crippen LogP contribution is 2.26. The summed E-state index contributed by atoms with van der Waals surface area (Å²) < 4.78 is 23.4. The number of anilines is 1. The first-order valence-electron chi connectivity index (χ1n) is 6.55. The third-order valence-electron chi connectivity index (χ3n) is 3.74. The van der Waals surface area contributed by atoms with Crippen molar-refractivity contribution in [2.24, 2.45) is 10.9 Å². The molecule has 1 atom stereocenters. The molecule has 1 fully saturated rings. The smallest absolute Gasteiger partial charge is 0.174 e. The molecule has 1 unspecified atom stereocenters. The Kier molecular flexibility index (Phi) is 4.04. The average molecular weight is 313 g/mol. The molecular weight excluding hydrogens is 294 g/mol. The van der Waals surface area contributed by atoms with Crippen LogP contribution in [0, 0.1) is 13.8 Å². The van der Waals surface area contributed by atoms with Gasteiger partial charge in [-0.05, 0) is 26.3 Å². The summed E-state index contributed by atoms with van der Waals surface area (Å²) in [4.78, 5) is 1.84. The van der Waals surface area contributed by atoms with E-state index >= 15 is 0 Å². The second kappa shape index (κ2) is 5.47. The lowest BCUT2D eigenvalue weighted by atomic mass is 10.1. The molecule has 1 aliphatic heterocycles. The van der Waals surface area contributed by atoms with E-state index in [1.807, 2.05) is 18.7 Å². The molecule has 2 rings (SSSR count). The number of rotatable bonds is 2. The zero-order chi connectivity index (χ0) is 15.8. The molecule has 1 aromatic heterocycles. The van der Waals surface area contributed by atoms with Gasteiger partial charge in [-0.3, -0.25) is 0 Å². The lowest BCUT2D eigenvalue weighted by Crippen LogP contribution is -2.48. The van der Waals surface area contributed by atoms with E-state index in [0.717, 1.165) is 5.56 Å². The van der Waals surface area contributed by atoms with Crippen molar-refractivity contribution in [3.05, 3.63) is 16.8 Å². The fourth-order valence-corrected chi connectivity index (χ4v) is 4.02. The third kappa shape index (κ3) is 2.92. The number of sulfone groups is 1. The van der Waals surface area contributed by atoms with E-state index in [-0.39, 0.29) is 23.4 Å². The van der Waals surface area contributed by atoms with E-state index in [1.54, 1.807) is 6.92 Å². The van der Waals surface area contributed by atoms with Gasteiger partial charge >= 0.3 is 0 Å². The van der Waals surface area contributed by atoms with E-state index in [1.165, 1.54) is 0 Å². The van der Waals surface area contributed by atoms with Crippen LogP contribution in [-0.4, -0.2) is 53.8 Å². The minimum Gasteiger partial charge on any atom is -0.409 e. The molecule has 116 valence electrons. The van der Waals surface area contributed by atoms with Crippen LogP contribution in [0.1, 0.15) is 23.7 Å². The van der Waals surface area contributed by atoms with E-state index in [4.69, 9.17) is 10.9 Å². The minimum absolute atomic E-state index is 0.0528. The van der Waals surface area contributed by atoms with Crippen molar-refractivity contribution < 1.29 is 13.6 Å². The molecule has 0 amide bonds. The third-order valence-corrected chi connectivity index (χ3v) is 5.54. The molecule has 1 saturated heterocycles. The Labute approximate surface area is 123 Å². The lowest BCUT2D eigenvalue weighted by Gasteiger charge is -2.35. The Balaban J connectivity index is 2.52. The van der Waals surface area contributed by atoms with Crippen molar-refractivity contribution in [3.63, 3.8) is 0 Å². The van der Waals surface area contributed by atoms with Gasteiger partial charge in [0.2, 0.25) is 0 Å². The summed E-state index contributed by atoms with van der Waals surface area (Å²) in [5, 5.41) is 20.2. The van der Waals surface area contributed by atoms with Crippen LogP contribution >= 0.6 is 0 Å². The van der Waals surface area contributed by atoms with Crippen LogP contribution in [0.25, 0.3) is 0 Å². The highest BCUT2D eigenvalue weighted by Gasteiger charge is 2.31. The van der Waals surface area contributed by atoms with Crippen molar-refractivity contribution >= 4 is 21.5 Å². The first-order valence-corrected chi connectivity index (χ1v) is 8.38. The first kappa shape index (κ1) is 15.5. The van der Waals surface area contributed by atoms with Crippen LogP contribution in [-0.2, 0) is 9.84 Å². The minimum atomic E-state index is -3.03. The lowest BCUT2D eigenvalue weighted by molar-refractivity contribution is 0.318. The average Bonchev–Trinajstić information content (AvgIpc) is 2.40. The van der Waals surface area contributed by atoms with Gasteiger partial charge in [0.1, 0.15) is 0 Å². The largest absolute Gasteiger partial charge is 0.409 e. The number of nitrogens with zero attached hydrogens (tertiary/aromatic N) is 4. The number of hydrogen-bond acceptors (Lipinski definition) is 7. The Morgan fingerprint density at radius 1 is 1.43 bits per heavy atom. The van der Waals surface area contributed by atoms with Crippen molar-refractivity contribution in [1.29, 1.82) is 0 Å².